The quantitative estimate of drug-likeness (QED) is 0.482. The second-order valence-corrected chi connectivity index (χ2v) is 8.60. The third-order valence-electron chi connectivity index (χ3n) is 6.05. The van der Waals surface area contributed by atoms with Crippen LogP contribution < -0.4 is 10.6 Å². The average molecular weight is 436 g/mol. The number of carbonyl (C=O) groups excluding carboxylic acids is 2. The van der Waals surface area contributed by atoms with Gasteiger partial charge in [-0.3, -0.25) is 14.5 Å². The third-order valence-corrected chi connectivity index (χ3v) is 6.05. The van der Waals surface area contributed by atoms with E-state index in [4.69, 9.17) is 0 Å². The van der Waals surface area contributed by atoms with Crippen molar-refractivity contribution in [3.05, 3.63) is 65.5 Å². The lowest BCUT2D eigenvalue weighted by molar-refractivity contribution is -0.131. The van der Waals surface area contributed by atoms with Gasteiger partial charge in [-0.1, -0.05) is 24.3 Å². The van der Waals surface area contributed by atoms with E-state index >= 15 is 0 Å². The molecule has 3 aromatic rings. The Hall–Kier alpha value is -3.19. The minimum Gasteiger partial charge on any atom is -0.350 e. The van der Waals surface area contributed by atoms with Gasteiger partial charge >= 0.3 is 0 Å². The molecule has 0 aliphatic heterocycles. The number of benzene rings is 1. The van der Waals surface area contributed by atoms with Gasteiger partial charge in [0.2, 0.25) is 11.8 Å². The molecule has 2 atom stereocenters. The molecule has 0 radical (unpaired) electrons. The number of rotatable bonds is 9. The van der Waals surface area contributed by atoms with Crippen molar-refractivity contribution >= 4 is 22.8 Å². The Labute approximate surface area is 189 Å². The minimum atomic E-state index is -0.671. The lowest BCUT2D eigenvalue weighted by Gasteiger charge is -2.29. The average Bonchev–Trinajstić information content (AvgIpc) is 3.25. The summed E-state index contributed by atoms with van der Waals surface area (Å²) in [7, 11) is 1.91. The zero-order valence-corrected chi connectivity index (χ0v) is 19.5. The fourth-order valence-corrected chi connectivity index (χ4v) is 3.59. The highest BCUT2D eigenvalue weighted by molar-refractivity contribution is 5.90. The Morgan fingerprint density at radius 1 is 1.12 bits per heavy atom. The van der Waals surface area contributed by atoms with Crippen LogP contribution in [0.4, 0.5) is 0 Å². The highest BCUT2D eigenvalue weighted by Crippen LogP contribution is 2.13. The Morgan fingerprint density at radius 3 is 2.59 bits per heavy atom. The van der Waals surface area contributed by atoms with Crippen molar-refractivity contribution in [1.29, 1.82) is 0 Å². The first kappa shape index (κ1) is 23.5. The molecule has 3 rings (SSSR count). The molecule has 32 heavy (non-hydrogen) atoms. The lowest BCUT2D eigenvalue weighted by atomic mass is 10.00. The number of aromatic nitrogens is 2. The predicted octanol–water partition coefficient (Wildman–Crippen LogP) is 2.94. The summed E-state index contributed by atoms with van der Waals surface area (Å²) in [6.45, 7) is 8.29. The van der Waals surface area contributed by atoms with Crippen LogP contribution in [0.3, 0.4) is 0 Å². The number of hydrogen-bond donors (Lipinski definition) is 3. The van der Waals surface area contributed by atoms with E-state index in [1.807, 2.05) is 82.2 Å². The molecule has 0 saturated heterocycles. The maximum absolute atomic E-state index is 13.1. The van der Waals surface area contributed by atoms with E-state index in [1.165, 1.54) is 0 Å². The van der Waals surface area contributed by atoms with Crippen molar-refractivity contribution in [2.75, 3.05) is 7.05 Å². The minimum absolute atomic E-state index is 0.162. The standard InChI is InChI=1S/C25H33N5O2/c1-16(2)30(5)18(4)24(31)29-22(13-20-9-7-6-8-17(20)3)25(32)28-15-19-12-21-10-11-26-23(21)27-14-19/h6-12,14,16,18,22H,13,15H2,1-5H3,(H,26,27)(H,28,32)(H,29,31)/t18?,22-/m0/s1. The van der Waals surface area contributed by atoms with Crippen molar-refractivity contribution in [2.45, 2.75) is 58.8 Å². The highest BCUT2D eigenvalue weighted by atomic mass is 16.2. The second-order valence-electron chi connectivity index (χ2n) is 8.60. The molecule has 0 saturated carbocycles. The summed E-state index contributed by atoms with van der Waals surface area (Å²) < 4.78 is 0. The monoisotopic (exact) mass is 435 g/mol. The van der Waals surface area contributed by atoms with Crippen LogP contribution in [-0.2, 0) is 22.6 Å². The van der Waals surface area contributed by atoms with E-state index < -0.39 is 6.04 Å². The van der Waals surface area contributed by atoms with Crippen LogP contribution in [0.5, 0.6) is 0 Å². The molecule has 7 nitrogen and oxygen atoms in total. The number of nitrogens with zero attached hydrogens (tertiary/aromatic N) is 2. The number of amides is 2. The normalized spacial score (nSPS) is 13.3. The van der Waals surface area contributed by atoms with Crippen molar-refractivity contribution in [1.82, 2.24) is 25.5 Å². The summed E-state index contributed by atoms with van der Waals surface area (Å²) in [5, 5.41) is 6.94. The maximum atomic E-state index is 13.1. The number of pyridine rings is 1. The van der Waals surface area contributed by atoms with Crippen LogP contribution in [0.1, 0.15) is 37.5 Å². The summed E-state index contributed by atoms with van der Waals surface area (Å²) in [5.74, 6) is -0.375. The first-order valence-electron chi connectivity index (χ1n) is 11.0. The van der Waals surface area contributed by atoms with Gasteiger partial charge in [-0.15, -0.1) is 0 Å². The van der Waals surface area contributed by atoms with E-state index in [1.54, 1.807) is 6.20 Å². The molecule has 2 aromatic heterocycles. The number of carbonyl (C=O) groups is 2. The van der Waals surface area contributed by atoms with Gasteiger partial charge in [-0.2, -0.15) is 0 Å². The molecule has 0 aliphatic rings. The zero-order chi connectivity index (χ0) is 23.3. The summed E-state index contributed by atoms with van der Waals surface area (Å²) in [6.07, 6.45) is 4.01. The molecular formula is C25H33N5O2. The lowest BCUT2D eigenvalue weighted by Crippen LogP contribution is -2.53. The fourth-order valence-electron chi connectivity index (χ4n) is 3.59. The van der Waals surface area contributed by atoms with Gasteiger partial charge in [0.05, 0.1) is 6.04 Å². The Morgan fingerprint density at radius 2 is 1.88 bits per heavy atom. The van der Waals surface area contributed by atoms with Crippen molar-refractivity contribution in [3.63, 3.8) is 0 Å². The van der Waals surface area contributed by atoms with Crippen LogP contribution in [0, 0.1) is 6.92 Å². The zero-order valence-electron chi connectivity index (χ0n) is 19.5. The van der Waals surface area contributed by atoms with Crippen molar-refractivity contribution < 1.29 is 9.59 Å². The van der Waals surface area contributed by atoms with Crippen LogP contribution in [-0.4, -0.2) is 51.9 Å². The first-order chi connectivity index (χ1) is 15.3. The van der Waals surface area contributed by atoms with Gasteiger partial charge < -0.3 is 15.6 Å². The molecule has 2 amide bonds. The summed E-state index contributed by atoms with van der Waals surface area (Å²) in [5.41, 5.74) is 3.84. The van der Waals surface area contributed by atoms with E-state index in [-0.39, 0.29) is 23.9 Å². The summed E-state index contributed by atoms with van der Waals surface area (Å²) in [4.78, 5) is 35.5. The molecule has 0 fully saturated rings. The summed E-state index contributed by atoms with van der Waals surface area (Å²) in [6, 6.07) is 11.1. The first-order valence-corrected chi connectivity index (χ1v) is 11.0. The number of likely N-dealkylation sites (N-methyl/N-ethyl adjacent to an activating group) is 1. The molecule has 0 bridgehead atoms. The van der Waals surface area contributed by atoms with Gasteiger partial charge in [-0.05, 0) is 63.6 Å². The van der Waals surface area contributed by atoms with Crippen molar-refractivity contribution in [2.24, 2.45) is 0 Å². The molecule has 170 valence electrons. The van der Waals surface area contributed by atoms with Gasteiger partial charge in [0, 0.05) is 36.8 Å². The van der Waals surface area contributed by atoms with Gasteiger partial charge in [0.15, 0.2) is 0 Å². The number of nitrogens with one attached hydrogen (secondary N) is 3. The number of fused-ring (bicyclic) bond motifs is 1. The fraction of sp³-hybridized carbons (Fsp3) is 0.400. The number of aryl methyl sites for hydroxylation is 1. The Balaban J connectivity index is 1.73. The topological polar surface area (TPSA) is 90.1 Å². The van der Waals surface area contributed by atoms with Crippen molar-refractivity contribution in [3.8, 4) is 0 Å². The SMILES string of the molecule is Cc1ccccc1C[C@H](NC(=O)C(C)N(C)C(C)C)C(=O)NCc1cnc2[nH]ccc2c1. The molecule has 0 spiro atoms. The van der Waals surface area contributed by atoms with Crippen LogP contribution in [0.2, 0.25) is 0 Å². The molecule has 1 unspecified atom stereocenters. The van der Waals surface area contributed by atoms with E-state index in [2.05, 4.69) is 20.6 Å². The van der Waals surface area contributed by atoms with E-state index in [0.717, 1.165) is 27.7 Å². The van der Waals surface area contributed by atoms with E-state index in [0.29, 0.717) is 13.0 Å². The van der Waals surface area contributed by atoms with E-state index in [9.17, 15) is 9.59 Å². The number of H-pyrrole nitrogens is 1. The molecule has 3 N–H and O–H groups in total. The third kappa shape index (κ3) is 5.73. The van der Waals surface area contributed by atoms with Gasteiger partial charge in [-0.25, -0.2) is 4.98 Å². The maximum Gasteiger partial charge on any atom is 0.243 e. The van der Waals surface area contributed by atoms with Crippen LogP contribution in [0.25, 0.3) is 11.0 Å². The molecule has 7 heteroatoms. The molecule has 2 heterocycles. The molecular weight excluding hydrogens is 402 g/mol. The van der Waals surface area contributed by atoms with Gasteiger partial charge in [0.1, 0.15) is 11.7 Å². The predicted molar refractivity (Wildman–Crippen MR) is 127 cm³/mol. The second kappa shape index (κ2) is 10.4. The Bertz CT molecular complexity index is 1070. The largest absolute Gasteiger partial charge is 0.350 e. The highest BCUT2D eigenvalue weighted by Gasteiger charge is 2.26. The van der Waals surface area contributed by atoms with Crippen LogP contribution >= 0.6 is 0 Å². The smallest absolute Gasteiger partial charge is 0.243 e. The van der Waals surface area contributed by atoms with Crippen LogP contribution in [0.15, 0.2) is 48.8 Å². The number of hydrogen-bond acceptors (Lipinski definition) is 4. The van der Waals surface area contributed by atoms with Gasteiger partial charge in [0.25, 0.3) is 0 Å². The number of aromatic amines is 1. The molecule has 1 aromatic carbocycles. The molecule has 0 aliphatic carbocycles. The Kier molecular flexibility index (Phi) is 7.64. The summed E-state index contributed by atoms with van der Waals surface area (Å²) >= 11 is 0.